The summed E-state index contributed by atoms with van der Waals surface area (Å²) in [5, 5.41) is 13.2. The van der Waals surface area contributed by atoms with Crippen molar-refractivity contribution in [3.05, 3.63) is 24.0 Å². The summed E-state index contributed by atoms with van der Waals surface area (Å²) >= 11 is 0. The van der Waals surface area contributed by atoms with Crippen LogP contribution in [-0.2, 0) is 0 Å². The van der Waals surface area contributed by atoms with Crippen LogP contribution in [0.2, 0.25) is 0 Å². The minimum atomic E-state index is 0.112. The number of aromatic hydroxyl groups is 1. The topological polar surface area (TPSA) is 50.4 Å². The van der Waals surface area contributed by atoms with E-state index in [1.807, 2.05) is 0 Å². The summed E-state index contributed by atoms with van der Waals surface area (Å²) in [6.45, 7) is 1.74. The van der Waals surface area contributed by atoms with E-state index in [-0.39, 0.29) is 5.88 Å². The van der Waals surface area contributed by atoms with E-state index in [9.17, 15) is 5.11 Å². The average Bonchev–Trinajstić information content (AvgIpc) is 2.30. The average molecular weight is 149 g/mol. The molecule has 56 valence electrons. The Kier molecular flexibility index (Phi) is 1.09. The maximum Gasteiger partial charge on any atom is 0.236 e. The van der Waals surface area contributed by atoms with Gasteiger partial charge in [-0.3, -0.25) is 0 Å². The van der Waals surface area contributed by atoms with Crippen LogP contribution in [0.1, 0.15) is 5.69 Å². The monoisotopic (exact) mass is 149 g/mol. The Morgan fingerprint density at radius 3 is 3.09 bits per heavy atom. The van der Waals surface area contributed by atoms with Crippen LogP contribution in [0.4, 0.5) is 0 Å². The molecular weight excluding hydrogens is 142 g/mol. The minimum absolute atomic E-state index is 0.112. The zero-order valence-electron chi connectivity index (χ0n) is 6.02. The van der Waals surface area contributed by atoms with Gasteiger partial charge in [0.25, 0.3) is 0 Å². The molecule has 0 spiro atoms. The molecule has 2 aromatic heterocycles. The highest BCUT2D eigenvalue weighted by Gasteiger charge is 2.05. The lowest BCUT2D eigenvalue weighted by molar-refractivity contribution is 0.434. The fourth-order valence-corrected chi connectivity index (χ4v) is 0.987. The molecule has 0 aliphatic heterocycles. The van der Waals surface area contributed by atoms with Crippen LogP contribution in [0.3, 0.4) is 0 Å². The summed E-state index contributed by atoms with van der Waals surface area (Å²) in [5.41, 5.74) is 1.27. The lowest BCUT2D eigenvalue weighted by Gasteiger charge is -1.89. The standard InChI is InChI=1S/C7H7N3O/c1-5-7(11)10-6(9-5)3-2-4-8-10/h2-4,11H,1H3. The first-order chi connectivity index (χ1) is 5.29. The number of aromatic nitrogens is 3. The number of hydrogen-bond donors (Lipinski definition) is 1. The molecule has 11 heavy (non-hydrogen) atoms. The highest BCUT2D eigenvalue weighted by molar-refractivity contribution is 5.42. The summed E-state index contributed by atoms with van der Waals surface area (Å²) in [5.74, 6) is 0.112. The van der Waals surface area contributed by atoms with Gasteiger partial charge in [-0.05, 0) is 19.1 Å². The second-order valence-electron chi connectivity index (χ2n) is 2.31. The van der Waals surface area contributed by atoms with Gasteiger partial charge < -0.3 is 5.11 Å². The molecule has 0 aromatic carbocycles. The van der Waals surface area contributed by atoms with E-state index in [1.165, 1.54) is 4.52 Å². The largest absolute Gasteiger partial charge is 0.492 e. The van der Waals surface area contributed by atoms with E-state index in [0.29, 0.717) is 11.3 Å². The maximum absolute atomic E-state index is 9.34. The molecule has 4 nitrogen and oxygen atoms in total. The molecule has 0 amide bonds. The van der Waals surface area contributed by atoms with Gasteiger partial charge in [0.15, 0.2) is 5.65 Å². The summed E-state index contributed by atoms with van der Waals surface area (Å²) in [7, 11) is 0. The van der Waals surface area contributed by atoms with Crippen LogP contribution in [0, 0.1) is 6.92 Å². The van der Waals surface area contributed by atoms with Crippen molar-refractivity contribution in [1.29, 1.82) is 0 Å². The number of aryl methyl sites for hydroxylation is 1. The zero-order chi connectivity index (χ0) is 7.84. The Balaban J connectivity index is 2.92. The SMILES string of the molecule is Cc1nc2cccnn2c1O. The third kappa shape index (κ3) is 0.756. The van der Waals surface area contributed by atoms with E-state index >= 15 is 0 Å². The van der Waals surface area contributed by atoms with Gasteiger partial charge in [0, 0.05) is 6.20 Å². The number of imidazole rings is 1. The molecule has 0 atom stereocenters. The van der Waals surface area contributed by atoms with E-state index in [2.05, 4.69) is 10.1 Å². The van der Waals surface area contributed by atoms with Crippen molar-refractivity contribution in [2.45, 2.75) is 6.92 Å². The number of nitrogens with zero attached hydrogens (tertiary/aromatic N) is 3. The van der Waals surface area contributed by atoms with Crippen molar-refractivity contribution < 1.29 is 5.11 Å². The van der Waals surface area contributed by atoms with Gasteiger partial charge in [-0.1, -0.05) is 0 Å². The number of rotatable bonds is 0. The van der Waals surface area contributed by atoms with Crippen LogP contribution in [0.25, 0.3) is 5.65 Å². The van der Waals surface area contributed by atoms with Crippen molar-refractivity contribution in [3.63, 3.8) is 0 Å². The molecule has 4 heteroatoms. The molecule has 1 N–H and O–H groups in total. The Morgan fingerprint density at radius 2 is 2.36 bits per heavy atom. The highest BCUT2D eigenvalue weighted by Crippen LogP contribution is 2.15. The van der Waals surface area contributed by atoms with Crippen LogP contribution in [0.5, 0.6) is 5.88 Å². The molecule has 0 radical (unpaired) electrons. The van der Waals surface area contributed by atoms with Crippen molar-refractivity contribution in [2.75, 3.05) is 0 Å². The fraction of sp³-hybridized carbons (Fsp3) is 0.143. The molecule has 2 aromatic rings. The molecule has 2 heterocycles. The quantitative estimate of drug-likeness (QED) is 0.601. The third-order valence-corrected chi connectivity index (χ3v) is 1.54. The van der Waals surface area contributed by atoms with Crippen molar-refractivity contribution in [3.8, 4) is 5.88 Å². The lowest BCUT2D eigenvalue weighted by Crippen LogP contribution is -1.87. The van der Waals surface area contributed by atoms with Crippen LogP contribution in [-0.4, -0.2) is 19.7 Å². The molecule has 0 bridgehead atoms. The summed E-state index contributed by atoms with van der Waals surface area (Å²) in [6.07, 6.45) is 1.60. The third-order valence-electron chi connectivity index (χ3n) is 1.54. The van der Waals surface area contributed by atoms with Gasteiger partial charge >= 0.3 is 0 Å². The van der Waals surface area contributed by atoms with Crippen LogP contribution >= 0.6 is 0 Å². The van der Waals surface area contributed by atoms with E-state index < -0.39 is 0 Å². The normalized spacial score (nSPS) is 10.6. The smallest absolute Gasteiger partial charge is 0.236 e. The molecule has 0 aliphatic rings. The molecule has 0 unspecified atom stereocenters. The first-order valence-electron chi connectivity index (χ1n) is 3.28. The second-order valence-corrected chi connectivity index (χ2v) is 2.31. The summed E-state index contributed by atoms with van der Waals surface area (Å²) < 4.78 is 1.40. The van der Waals surface area contributed by atoms with E-state index in [4.69, 9.17) is 0 Å². The predicted molar refractivity (Wildman–Crippen MR) is 39.4 cm³/mol. The first kappa shape index (κ1) is 6.15. The molecule has 0 saturated carbocycles. The maximum atomic E-state index is 9.34. The highest BCUT2D eigenvalue weighted by atomic mass is 16.3. The molecule has 0 saturated heterocycles. The lowest BCUT2D eigenvalue weighted by atomic mass is 10.5. The van der Waals surface area contributed by atoms with Crippen molar-refractivity contribution in [1.82, 2.24) is 14.6 Å². The molecular formula is C7H7N3O. The van der Waals surface area contributed by atoms with E-state index in [0.717, 1.165) is 0 Å². The Bertz CT molecular complexity index is 393. The van der Waals surface area contributed by atoms with Gasteiger partial charge in [0.1, 0.15) is 5.69 Å². The van der Waals surface area contributed by atoms with Crippen molar-refractivity contribution in [2.24, 2.45) is 0 Å². The zero-order valence-corrected chi connectivity index (χ0v) is 6.02. The summed E-state index contributed by atoms with van der Waals surface area (Å²) in [4.78, 5) is 4.06. The Hall–Kier alpha value is -1.58. The second kappa shape index (κ2) is 1.95. The van der Waals surface area contributed by atoms with Crippen LogP contribution in [0.15, 0.2) is 18.3 Å². The first-order valence-corrected chi connectivity index (χ1v) is 3.28. The van der Waals surface area contributed by atoms with Gasteiger partial charge in [-0.2, -0.15) is 9.61 Å². The number of hydrogen-bond acceptors (Lipinski definition) is 3. The molecule has 0 aliphatic carbocycles. The predicted octanol–water partition coefficient (Wildman–Crippen LogP) is 0.743. The fourth-order valence-electron chi connectivity index (χ4n) is 0.987. The van der Waals surface area contributed by atoms with Gasteiger partial charge in [0.2, 0.25) is 5.88 Å². The number of fused-ring (bicyclic) bond motifs is 1. The molecule has 2 rings (SSSR count). The Labute approximate surface area is 63.1 Å². The van der Waals surface area contributed by atoms with Crippen LogP contribution < -0.4 is 0 Å². The van der Waals surface area contributed by atoms with E-state index in [1.54, 1.807) is 25.3 Å². The van der Waals surface area contributed by atoms with Gasteiger partial charge in [-0.25, -0.2) is 4.98 Å². The summed E-state index contributed by atoms with van der Waals surface area (Å²) in [6, 6.07) is 3.57. The Morgan fingerprint density at radius 1 is 1.55 bits per heavy atom. The van der Waals surface area contributed by atoms with Crippen molar-refractivity contribution >= 4 is 5.65 Å². The van der Waals surface area contributed by atoms with Gasteiger partial charge in [0.05, 0.1) is 0 Å². The molecule has 0 fully saturated rings. The minimum Gasteiger partial charge on any atom is -0.492 e. The van der Waals surface area contributed by atoms with Gasteiger partial charge in [-0.15, -0.1) is 0 Å².